The summed E-state index contributed by atoms with van der Waals surface area (Å²) in [5.41, 5.74) is 0.789. The van der Waals surface area contributed by atoms with Crippen LogP contribution in [0.3, 0.4) is 0 Å². The first kappa shape index (κ1) is 12.2. The lowest BCUT2D eigenvalue weighted by molar-refractivity contribution is 0.721. The number of hydrogen-bond donors (Lipinski definition) is 2. The van der Waals surface area contributed by atoms with E-state index in [1.165, 1.54) is 6.42 Å². The normalized spacial score (nSPS) is 21.6. The van der Waals surface area contributed by atoms with Gasteiger partial charge in [0.2, 0.25) is 5.95 Å². The van der Waals surface area contributed by atoms with Crippen molar-refractivity contribution in [2.45, 2.75) is 20.3 Å². The lowest BCUT2D eigenvalue weighted by Gasteiger charge is -2.19. The first-order valence-corrected chi connectivity index (χ1v) is 6.85. The summed E-state index contributed by atoms with van der Waals surface area (Å²) in [7, 11) is 2.09. The van der Waals surface area contributed by atoms with Crippen LogP contribution >= 0.6 is 0 Å². The van der Waals surface area contributed by atoms with Crippen LogP contribution in [0.2, 0.25) is 0 Å². The molecule has 0 aliphatic heterocycles. The van der Waals surface area contributed by atoms with Crippen LogP contribution in [0.4, 0.5) is 11.8 Å². The van der Waals surface area contributed by atoms with Crippen LogP contribution in [-0.2, 0) is 0 Å². The second-order valence-electron chi connectivity index (χ2n) is 5.39. The summed E-state index contributed by atoms with van der Waals surface area (Å²) >= 11 is 0. The van der Waals surface area contributed by atoms with E-state index in [9.17, 15) is 0 Å². The molecule has 1 aliphatic carbocycles. The maximum absolute atomic E-state index is 4.61. The number of nitrogens with one attached hydrogen (secondary N) is 2. The van der Waals surface area contributed by atoms with Crippen LogP contribution in [0.15, 0.2) is 6.20 Å². The molecule has 2 heterocycles. The second kappa shape index (κ2) is 4.68. The molecule has 0 spiro atoms. The summed E-state index contributed by atoms with van der Waals surface area (Å²) in [6, 6.07) is 0. The highest BCUT2D eigenvalue weighted by molar-refractivity contribution is 5.87. The maximum Gasteiger partial charge on any atom is 0.226 e. The minimum atomic E-state index is 0.657. The molecule has 0 amide bonds. The Morgan fingerprint density at radius 3 is 2.95 bits per heavy atom. The van der Waals surface area contributed by atoms with Crippen molar-refractivity contribution >= 4 is 22.8 Å². The van der Waals surface area contributed by atoms with Crippen LogP contribution in [-0.4, -0.2) is 40.3 Å². The van der Waals surface area contributed by atoms with Gasteiger partial charge in [-0.1, -0.05) is 6.92 Å². The third-order valence-electron chi connectivity index (χ3n) is 3.77. The molecule has 0 radical (unpaired) electrons. The number of aromatic amines is 1. The number of aromatic nitrogens is 4. The maximum atomic E-state index is 4.61. The molecule has 3 rings (SSSR count). The van der Waals surface area contributed by atoms with Crippen LogP contribution < -0.4 is 10.2 Å². The van der Waals surface area contributed by atoms with Gasteiger partial charge >= 0.3 is 0 Å². The van der Waals surface area contributed by atoms with Gasteiger partial charge in [-0.2, -0.15) is 15.1 Å². The highest BCUT2D eigenvalue weighted by atomic mass is 15.2. The summed E-state index contributed by atoms with van der Waals surface area (Å²) < 4.78 is 0. The van der Waals surface area contributed by atoms with E-state index in [-0.39, 0.29) is 0 Å². The molecule has 0 bridgehead atoms. The van der Waals surface area contributed by atoms with Gasteiger partial charge in [0, 0.05) is 20.1 Å². The van der Waals surface area contributed by atoms with Gasteiger partial charge in [-0.05, 0) is 25.2 Å². The summed E-state index contributed by atoms with van der Waals surface area (Å²) in [6.45, 7) is 6.19. The molecule has 6 nitrogen and oxygen atoms in total. The van der Waals surface area contributed by atoms with Gasteiger partial charge in [0.05, 0.1) is 11.6 Å². The third-order valence-corrected chi connectivity index (χ3v) is 3.77. The molecule has 2 atom stereocenters. The van der Waals surface area contributed by atoms with E-state index in [1.807, 2.05) is 6.92 Å². The number of nitrogens with zero attached hydrogens (tertiary/aromatic N) is 4. The lowest BCUT2D eigenvalue weighted by atomic mass is 10.3. The van der Waals surface area contributed by atoms with Crippen LogP contribution in [0.25, 0.3) is 11.0 Å². The second-order valence-corrected chi connectivity index (χ2v) is 5.39. The van der Waals surface area contributed by atoms with E-state index in [0.29, 0.717) is 5.95 Å². The smallest absolute Gasteiger partial charge is 0.226 e. The number of anilines is 2. The molecule has 1 saturated carbocycles. The van der Waals surface area contributed by atoms with Crippen molar-refractivity contribution in [2.75, 3.05) is 30.4 Å². The Kier molecular flexibility index (Phi) is 3.00. The summed E-state index contributed by atoms with van der Waals surface area (Å²) in [5.74, 6) is 3.25. The average molecular weight is 260 g/mol. The van der Waals surface area contributed by atoms with E-state index >= 15 is 0 Å². The standard InChI is InChI=1S/C13H20N6/c1-4-14-13-16-11-10(6-15-18-11)12(17-13)19(3)7-9-5-8(9)2/h6,8-9H,4-5,7H2,1-3H3,(H2,14,15,16,17,18). The van der Waals surface area contributed by atoms with Crippen molar-refractivity contribution in [3.05, 3.63) is 6.20 Å². The Balaban J connectivity index is 1.92. The Morgan fingerprint density at radius 2 is 2.26 bits per heavy atom. The number of H-pyrrole nitrogens is 1. The zero-order chi connectivity index (χ0) is 13.4. The van der Waals surface area contributed by atoms with E-state index in [1.54, 1.807) is 6.20 Å². The van der Waals surface area contributed by atoms with Gasteiger partial charge < -0.3 is 10.2 Å². The SMILES string of the molecule is CCNc1nc(N(C)CC2CC2C)c2cn[nH]c2n1. The highest BCUT2D eigenvalue weighted by Crippen LogP contribution is 2.39. The number of hydrogen-bond acceptors (Lipinski definition) is 5. The molecule has 0 aromatic carbocycles. The topological polar surface area (TPSA) is 69.7 Å². The molecule has 2 aromatic rings. The molecule has 2 aromatic heterocycles. The van der Waals surface area contributed by atoms with Gasteiger partial charge in [0.15, 0.2) is 5.65 Å². The Bertz CT molecular complexity index is 578. The first-order valence-electron chi connectivity index (χ1n) is 6.85. The van der Waals surface area contributed by atoms with E-state index in [4.69, 9.17) is 0 Å². The Morgan fingerprint density at radius 1 is 1.47 bits per heavy atom. The van der Waals surface area contributed by atoms with Crippen LogP contribution in [0, 0.1) is 11.8 Å². The van der Waals surface area contributed by atoms with E-state index in [0.717, 1.165) is 41.8 Å². The molecule has 1 aliphatic rings. The fourth-order valence-corrected chi connectivity index (χ4v) is 2.44. The zero-order valence-electron chi connectivity index (χ0n) is 11.6. The summed E-state index contributed by atoms with van der Waals surface area (Å²) in [5, 5.41) is 11.1. The van der Waals surface area contributed by atoms with Crippen LogP contribution in [0.5, 0.6) is 0 Å². The molecule has 1 fully saturated rings. The fourth-order valence-electron chi connectivity index (χ4n) is 2.44. The van der Waals surface area contributed by atoms with Crippen molar-refractivity contribution in [3.63, 3.8) is 0 Å². The molecular weight excluding hydrogens is 240 g/mol. The van der Waals surface area contributed by atoms with Crippen molar-refractivity contribution in [1.82, 2.24) is 20.2 Å². The van der Waals surface area contributed by atoms with Crippen molar-refractivity contribution < 1.29 is 0 Å². The van der Waals surface area contributed by atoms with Crippen molar-refractivity contribution in [1.29, 1.82) is 0 Å². The monoisotopic (exact) mass is 260 g/mol. The Labute approximate surface area is 112 Å². The number of rotatable bonds is 5. The highest BCUT2D eigenvalue weighted by Gasteiger charge is 2.33. The first-order chi connectivity index (χ1) is 9.19. The predicted octanol–water partition coefficient (Wildman–Crippen LogP) is 1.88. The number of fused-ring (bicyclic) bond motifs is 1. The van der Waals surface area contributed by atoms with E-state index in [2.05, 4.69) is 44.4 Å². The average Bonchev–Trinajstić information content (AvgIpc) is 2.90. The molecule has 2 N–H and O–H groups in total. The molecule has 19 heavy (non-hydrogen) atoms. The van der Waals surface area contributed by atoms with Gasteiger partial charge in [0.1, 0.15) is 5.82 Å². The predicted molar refractivity (Wildman–Crippen MR) is 76.4 cm³/mol. The largest absolute Gasteiger partial charge is 0.359 e. The van der Waals surface area contributed by atoms with Gasteiger partial charge in [0.25, 0.3) is 0 Å². The minimum absolute atomic E-state index is 0.657. The lowest BCUT2D eigenvalue weighted by Crippen LogP contribution is -2.22. The molecule has 102 valence electrons. The molecule has 2 unspecified atom stereocenters. The quantitative estimate of drug-likeness (QED) is 0.859. The van der Waals surface area contributed by atoms with Crippen LogP contribution in [0.1, 0.15) is 20.3 Å². The molecule has 6 heteroatoms. The van der Waals surface area contributed by atoms with Gasteiger partial charge in [-0.15, -0.1) is 0 Å². The van der Waals surface area contributed by atoms with E-state index < -0.39 is 0 Å². The summed E-state index contributed by atoms with van der Waals surface area (Å²) in [6.07, 6.45) is 3.12. The third kappa shape index (κ3) is 2.34. The Hall–Kier alpha value is -1.85. The van der Waals surface area contributed by atoms with Gasteiger partial charge in [-0.25, -0.2) is 0 Å². The summed E-state index contributed by atoms with van der Waals surface area (Å²) in [4.78, 5) is 11.2. The van der Waals surface area contributed by atoms with Crippen molar-refractivity contribution in [3.8, 4) is 0 Å². The van der Waals surface area contributed by atoms with Gasteiger partial charge in [-0.3, -0.25) is 5.10 Å². The zero-order valence-corrected chi connectivity index (χ0v) is 11.6. The fraction of sp³-hybridized carbons (Fsp3) is 0.615. The molecular formula is C13H20N6. The molecule has 0 saturated heterocycles. The van der Waals surface area contributed by atoms with Crippen molar-refractivity contribution in [2.24, 2.45) is 11.8 Å². The minimum Gasteiger partial charge on any atom is -0.359 e.